The van der Waals surface area contributed by atoms with Gasteiger partial charge in [-0.25, -0.2) is 15.0 Å². The van der Waals surface area contributed by atoms with Crippen molar-refractivity contribution < 1.29 is 0 Å². The number of benzene rings is 6. The largest absolute Gasteiger partial charge is 0.295 e. The minimum atomic E-state index is -0.560. The van der Waals surface area contributed by atoms with Crippen molar-refractivity contribution in [1.29, 1.82) is 0 Å². The molecule has 1 spiro atoms. The molecule has 8 aromatic rings. The first-order valence-electron chi connectivity index (χ1n) is 15.6. The molecular weight excluding hydrogens is 560 g/mol. The topological polar surface area (TPSA) is 43.6 Å². The van der Waals surface area contributed by atoms with Crippen LogP contribution in [0, 0.1) is 0 Å². The lowest BCUT2D eigenvalue weighted by Gasteiger charge is -2.27. The molecule has 2 aliphatic rings. The highest BCUT2D eigenvalue weighted by Crippen LogP contribution is 2.60. The summed E-state index contributed by atoms with van der Waals surface area (Å²) >= 11 is 0. The van der Waals surface area contributed by atoms with Gasteiger partial charge in [0.1, 0.15) is 11.2 Å². The lowest BCUT2D eigenvalue weighted by Crippen LogP contribution is -2.27. The number of aromatic nitrogens is 4. The molecule has 214 valence electrons. The summed E-state index contributed by atoms with van der Waals surface area (Å²) in [4.78, 5) is 15.6. The Bertz CT molecular complexity index is 2370. The summed E-state index contributed by atoms with van der Waals surface area (Å²) in [5, 5.41) is 0. The molecule has 0 unspecified atom stereocenters. The number of rotatable bonds is 3. The van der Waals surface area contributed by atoms with Crippen LogP contribution in [0.4, 0.5) is 0 Å². The van der Waals surface area contributed by atoms with Crippen molar-refractivity contribution in [3.63, 3.8) is 0 Å². The van der Waals surface area contributed by atoms with Gasteiger partial charge in [-0.15, -0.1) is 0 Å². The maximum atomic E-state index is 5.39. The number of nitrogens with zero attached hydrogens (tertiary/aromatic N) is 4. The van der Waals surface area contributed by atoms with E-state index in [1.807, 2.05) is 24.3 Å². The van der Waals surface area contributed by atoms with E-state index in [1.165, 1.54) is 27.8 Å². The molecule has 0 saturated heterocycles. The zero-order chi connectivity index (χ0) is 30.2. The average Bonchev–Trinajstić information content (AvgIpc) is 3.76. The lowest BCUT2D eigenvalue weighted by molar-refractivity contribution is 0.738. The number of imidazole rings is 1. The molecule has 0 radical (unpaired) electrons. The molecule has 1 aliphatic heterocycles. The molecule has 0 bridgehead atoms. The van der Waals surface area contributed by atoms with Crippen LogP contribution in [-0.2, 0) is 5.41 Å². The van der Waals surface area contributed by atoms with Gasteiger partial charge in [-0.05, 0) is 58.1 Å². The molecule has 1 aliphatic carbocycles. The fourth-order valence-corrected chi connectivity index (χ4v) is 7.67. The van der Waals surface area contributed by atoms with Crippen LogP contribution in [0.15, 0.2) is 158 Å². The van der Waals surface area contributed by atoms with E-state index in [0.717, 1.165) is 50.6 Å². The Kier molecular flexibility index (Phi) is 5.17. The molecule has 2 aromatic heterocycles. The van der Waals surface area contributed by atoms with Crippen molar-refractivity contribution in [1.82, 2.24) is 19.5 Å². The van der Waals surface area contributed by atoms with E-state index in [4.69, 9.17) is 15.0 Å². The summed E-state index contributed by atoms with van der Waals surface area (Å²) in [5.41, 5.74) is 13.9. The minimum Gasteiger partial charge on any atom is -0.295 e. The molecule has 3 heterocycles. The third kappa shape index (κ3) is 3.36. The summed E-state index contributed by atoms with van der Waals surface area (Å²) in [7, 11) is 0. The molecule has 0 N–H and O–H groups in total. The van der Waals surface area contributed by atoms with Gasteiger partial charge in [0.15, 0.2) is 5.82 Å². The van der Waals surface area contributed by atoms with Gasteiger partial charge in [-0.2, -0.15) is 0 Å². The fourth-order valence-electron chi connectivity index (χ4n) is 7.67. The van der Waals surface area contributed by atoms with E-state index in [9.17, 15) is 0 Å². The van der Waals surface area contributed by atoms with E-state index in [1.54, 1.807) is 0 Å². The average molecular weight is 587 g/mol. The highest BCUT2D eigenvalue weighted by molar-refractivity contribution is 5.92. The van der Waals surface area contributed by atoms with Gasteiger partial charge >= 0.3 is 0 Å². The van der Waals surface area contributed by atoms with Crippen molar-refractivity contribution >= 4 is 11.0 Å². The smallest absolute Gasteiger partial charge is 0.160 e. The standard InChI is InChI=1S/C42H26N4/c1-3-13-27(14-4-1)36-26-37(44-40(43-36)28-15-5-2-6-16-28)29-23-24-38-34(25-29)42(41-45-35-21-11-12-22-39(35)46(38)41)32-19-9-7-17-30(32)31-18-8-10-20-33(31)42/h1-26H. The van der Waals surface area contributed by atoms with Crippen LogP contribution in [0.2, 0.25) is 0 Å². The van der Waals surface area contributed by atoms with Crippen LogP contribution in [-0.4, -0.2) is 19.5 Å². The van der Waals surface area contributed by atoms with Crippen LogP contribution in [0.1, 0.15) is 22.5 Å². The first-order valence-corrected chi connectivity index (χ1v) is 15.6. The molecule has 4 heteroatoms. The monoisotopic (exact) mass is 586 g/mol. The van der Waals surface area contributed by atoms with Crippen LogP contribution in [0.25, 0.3) is 61.8 Å². The predicted molar refractivity (Wildman–Crippen MR) is 184 cm³/mol. The zero-order valence-electron chi connectivity index (χ0n) is 24.8. The third-order valence-electron chi connectivity index (χ3n) is 9.61. The Balaban J connectivity index is 1.28. The third-order valence-corrected chi connectivity index (χ3v) is 9.61. The molecule has 0 fully saturated rings. The Hall–Kier alpha value is -6.13. The van der Waals surface area contributed by atoms with Gasteiger partial charge < -0.3 is 0 Å². The first kappa shape index (κ1) is 25.2. The van der Waals surface area contributed by atoms with Crippen molar-refractivity contribution in [2.24, 2.45) is 0 Å². The second kappa shape index (κ2) is 9.43. The van der Waals surface area contributed by atoms with Gasteiger partial charge in [0, 0.05) is 16.7 Å². The highest BCUT2D eigenvalue weighted by Gasteiger charge is 2.54. The van der Waals surface area contributed by atoms with Crippen molar-refractivity contribution in [2.45, 2.75) is 5.41 Å². The fraction of sp³-hybridized carbons (Fsp3) is 0.0238. The maximum absolute atomic E-state index is 5.39. The second-order valence-corrected chi connectivity index (χ2v) is 12.0. The number of hydrogen-bond donors (Lipinski definition) is 0. The summed E-state index contributed by atoms with van der Waals surface area (Å²) in [6, 6.07) is 55.7. The number of fused-ring (bicyclic) bond motifs is 12. The van der Waals surface area contributed by atoms with Crippen molar-refractivity contribution in [2.75, 3.05) is 0 Å². The summed E-state index contributed by atoms with van der Waals surface area (Å²) in [6.07, 6.45) is 0. The van der Waals surface area contributed by atoms with Gasteiger partial charge in [-0.3, -0.25) is 4.57 Å². The maximum Gasteiger partial charge on any atom is 0.160 e. The summed E-state index contributed by atoms with van der Waals surface area (Å²) in [6.45, 7) is 0. The predicted octanol–water partition coefficient (Wildman–Crippen LogP) is 9.49. The normalized spacial score (nSPS) is 13.4. The molecule has 46 heavy (non-hydrogen) atoms. The zero-order valence-corrected chi connectivity index (χ0v) is 24.8. The Morgan fingerprint density at radius 3 is 1.74 bits per heavy atom. The summed E-state index contributed by atoms with van der Waals surface area (Å²) < 4.78 is 2.37. The number of para-hydroxylation sites is 2. The Labute approximate surface area is 266 Å². The molecular formula is C42H26N4. The minimum absolute atomic E-state index is 0.560. The highest BCUT2D eigenvalue weighted by atomic mass is 15.1. The van der Waals surface area contributed by atoms with Gasteiger partial charge in [0.05, 0.1) is 28.1 Å². The van der Waals surface area contributed by atoms with Gasteiger partial charge in [0.25, 0.3) is 0 Å². The molecule has 10 rings (SSSR count). The molecule has 4 nitrogen and oxygen atoms in total. The molecule has 0 atom stereocenters. The van der Waals surface area contributed by atoms with Gasteiger partial charge in [-0.1, -0.05) is 127 Å². The van der Waals surface area contributed by atoms with E-state index >= 15 is 0 Å². The van der Waals surface area contributed by atoms with Crippen LogP contribution in [0.5, 0.6) is 0 Å². The van der Waals surface area contributed by atoms with E-state index in [2.05, 4.69) is 138 Å². The molecule has 0 saturated carbocycles. The van der Waals surface area contributed by atoms with Gasteiger partial charge in [0.2, 0.25) is 0 Å². The van der Waals surface area contributed by atoms with Crippen LogP contribution in [0.3, 0.4) is 0 Å². The van der Waals surface area contributed by atoms with Crippen LogP contribution >= 0.6 is 0 Å². The SMILES string of the molecule is c1ccc(-c2cc(-c3ccc4c(c3)C3(c5ccccc5-c5ccccc53)c3nc5ccccc5n3-4)nc(-c3ccccc3)n2)cc1. The lowest BCUT2D eigenvalue weighted by atomic mass is 9.72. The molecule has 6 aromatic carbocycles. The first-order chi connectivity index (χ1) is 22.8. The van der Waals surface area contributed by atoms with E-state index < -0.39 is 5.41 Å². The molecule has 0 amide bonds. The van der Waals surface area contributed by atoms with E-state index in [-0.39, 0.29) is 0 Å². The Morgan fingerprint density at radius 2 is 1.02 bits per heavy atom. The quantitative estimate of drug-likeness (QED) is 0.207. The van der Waals surface area contributed by atoms with Crippen molar-refractivity contribution in [3.05, 3.63) is 180 Å². The van der Waals surface area contributed by atoms with Crippen LogP contribution < -0.4 is 0 Å². The summed E-state index contributed by atoms with van der Waals surface area (Å²) in [5.74, 6) is 1.75. The Morgan fingerprint density at radius 1 is 0.435 bits per heavy atom. The second-order valence-electron chi connectivity index (χ2n) is 12.0. The number of hydrogen-bond acceptors (Lipinski definition) is 3. The van der Waals surface area contributed by atoms with Crippen molar-refractivity contribution in [3.8, 4) is 50.7 Å². The van der Waals surface area contributed by atoms with E-state index in [0.29, 0.717) is 5.82 Å².